The Kier molecular flexibility index (Phi) is 6.41. The molecule has 4 heterocycles. The number of nitrogens with one attached hydrogen (secondary N) is 1. The third-order valence-electron chi connectivity index (χ3n) is 6.32. The quantitative estimate of drug-likeness (QED) is 0.713. The Bertz CT molecular complexity index is 875. The Balaban J connectivity index is 1.68. The minimum absolute atomic E-state index is 0.0458. The molecule has 6 nitrogen and oxygen atoms in total. The maximum absolute atomic E-state index is 5.83. The van der Waals surface area contributed by atoms with Crippen molar-refractivity contribution in [2.75, 3.05) is 39.4 Å². The maximum Gasteiger partial charge on any atom is 0.170 e. The van der Waals surface area contributed by atoms with E-state index in [-0.39, 0.29) is 12.1 Å². The summed E-state index contributed by atoms with van der Waals surface area (Å²) in [5.41, 5.74) is 4.98. The topological polar surface area (TPSA) is 45.6 Å². The molecule has 1 N–H and O–H groups in total. The Morgan fingerprint density at radius 1 is 1.20 bits per heavy atom. The number of nitrogens with zero attached hydrogens (tertiary/aromatic N) is 4. The summed E-state index contributed by atoms with van der Waals surface area (Å²) >= 11 is 5.83. The van der Waals surface area contributed by atoms with Gasteiger partial charge in [-0.2, -0.15) is 0 Å². The van der Waals surface area contributed by atoms with Crippen molar-refractivity contribution >= 4 is 17.3 Å². The van der Waals surface area contributed by atoms with Gasteiger partial charge in [-0.15, -0.1) is 0 Å². The number of morpholine rings is 1. The molecular weight excluding hydrogens is 394 g/mol. The molecular formula is C23H33N5OS. The van der Waals surface area contributed by atoms with Gasteiger partial charge in [0.1, 0.15) is 0 Å². The highest BCUT2D eigenvalue weighted by atomic mass is 32.1. The molecule has 0 radical (unpaired) electrons. The van der Waals surface area contributed by atoms with E-state index in [1.165, 1.54) is 17.0 Å². The molecule has 0 spiro atoms. The van der Waals surface area contributed by atoms with Crippen molar-refractivity contribution in [3.63, 3.8) is 0 Å². The van der Waals surface area contributed by atoms with Gasteiger partial charge in [0, 0.05) is 49.8 Å². The lowest BCUT2D eigenvalue weighted by atomic mass is 9.96. The summed E-state index contributed by atoms with van der Waals surface area (Å²) in [5.74, 6) is 0. The average Bonchev–Trinajstić information content (AvgIpc) is 3.23. The molecule has 0 unspecified atom stereocenters. The van der Waals surface area contributed by atoms with Gasteiger partial charge >= 0.3 is 0 Å². The van der Waals surface area contributed by atoms with Gasteiger partial charge in [0.15, 0.2) is 5.11 Å². The van der Waals surface area contributed by atoms with Crippen LogP contribution in [0.5, 0.6) is 0 Å². The highest BCUT2D eigenvalue weighted by Crippen LogP contribution is 2.41. The third kappa shape index (κ3) is 4.11. The van der Waals surface area contributed by atoms with Crippen LogP contribution in [-0.2, 0) is 4.74 Å². The van der Waals surface area contributed by atoms with E-state index < -0.39 is 0 Å². The van der Waals surface area contributed by atoms with Crippen LogP contribution in [0.15, 0.2) is 30.5 Å². The molecule has 4 rings (SSSR count). The summed E-state index contributed by atoms with van der Waals surface area (Å²) in [6, 6.07) is 9.06. The second-order valence-corrected chi connectivity index (χ2v) is 8.95. The Labute approximate surface area is 185 Å². The van der Waals surface area contributed by atoms with E-state index >= 15 is 0 Å². The van der Waals surface area contributed by atoms with Gasteiger partial charge in [0.05, 0.1) is 31.0 Å². The molecule has 0 bridgehead atoms. The van der Waals surface area contributed by atoms with Crippen molar-refractivity contribution in [3.05, 3.63) is 53.1 Å². The van der Waals surface area contributed by atoms with Gasteiger partial charge < -0.3 is 19.5 Å². The van der Waals surface area contributed by atoms with Crippen LogP contribution in [0.1, 0.15) is 54.6 Å². The molecule has 2 atom stereocenters. The number of hydrogen-bond donors (Lipinski definition) is 1. The number of hydrogen-bond acceptors (Lipinski definition) is 4. The zero-order valence-electron chi connectivity index (χ0n) is 18.5. The molecule has 7 heteroatoms. The summed E-state index contributed by atoms with van der Waals surface area (Å²) < 4.78 is 7.93. The summed E-state index contributed by atoms with van der Waals surface area (Å²) in [5, 5.41) is 4.40. The molecule has 2 saturated heterocycles. The van der Waals surface area contributed by atoms with Gasteiger partial charge in [-0.3, -0.25) is 9.88 Å². The van der Waals surface area contributed by atoms with Crippen LogP contribution < -0.4 is 5.32 Å². The molecule has 0 aromatic carbocycles. The number of thiocarbonyl (C=S) groups is 1. The largest absolute Gasteiger partial charge is 0.379 e. The molecule has 0 aliphatic carbocycles. The summed E-state index contributed by atoms with van der Waals surface area (Å²) in [4.78, 5) is 9.51. The summed E-state index contributed by atoms with van der Waals surface area (Å²) in [6.45, 7) is 14.4. The SMILES string of the molecule is Cc1cc([C@H]2[C@H](c3ccccn3)NC(=S)N2CCN2CCOCC2)c(C)n1C(C)C. The maximum atomic E-state index is 5.83. The van der Waals surface area contributed by atoms with Crippen LogP contribution in [-0.4, -0.2) is 63.9 Å². The molecule has 0 saturated carbocycles. The van der Waals surface area contributed by atoms with Crippen molar-refractivity contribution in [1.82, 2.24) is 24.7 Å². The second-order valence-electron chi connectivity index (χ2n) is 8.56. The van der Waals surface area contributed by atoms with Crippen molar-refractivity contribution in [1.29, 1.82) is 0 Å². The molecule has 2 aromatic rings. The molecule has 0 amide bonds. The number of aromatic nitrogens is 2. The van der Waals surface area contributed by atoms with Gasteiger partial charge in [-0.1, -0.05) is 6.07 Å². The molecule has 162 valence electrons. The first kappa shape index (κ1) is 21.3. The fraction of sp³-hybridized carbons (Fsp3) is 0.565. The Morgan fingerprint density at radius 3 is 2.60 bits per heavy atom. The van der Waals surface area contributed by atoms with E-state index in [4.69, 9.17) is 17.0 Å². The number of ether oxygens (including phenoxy) is 1. The molecule has 2 aliphatic heterocycles. The Hall–Kier alpha value is -1.96. The van der Waals surface area contributed by atoms with E-state index in [2.05, 4.69) is 70.6 Å². The zero-order chi connectivity index (χ0) is 21.3. The minimum Gasteiger partial charge on any atom is -0.379 e. The minimum atomic E-state index is 0.0458. The van der Waals surface area contributed by atoms with Gasteiger partial charge in [-0.05, 0) is 63.7 Å². The summed E-state index contributed by atoms with van der Waals surface area (Å²) in [7, 11) is 0. The van der Waals surface area contributed by atoms with Crippen LogP contribution in [0.3, 0.4) is 0 Å². The highest BCUT2D eigenvalue weighted by molar-refractivity contribution is 7.80. The fourth-order valence-corrected chi connectivity index (χ4v) is 5.29. The van der Waals surface area contributed by atoms with Crippen molar-refractivity contribution < 1.29 is 4.74 Å². The summed E-state index contributed by atoms with van der Waals surface area (Å²) in [6.07, 6.45) is 1.87. The van der Waals surface area contributed by atoms with E-state index in [1.807, 2.05) is 12.3 Å². The standard InChI is InChI=1S/C23H33N5OS/c1-16(2)28-17(3)15-19(18(28)4)22-21(20-7-5-6-8-24-20)25-23(30)27(22)10-9-26-11-13-29-14-12-26/h5-8,15-16,21-22H,9-14H2,1-4H3,(H,25,30)/t21-,22-/m0/s1. The van der Waals surface area contributed by atoms with E-state index in [0.29, 0.717) is 6.04 Å². The molecule has 2 aromatic heterocycles. The first-order valence-corrected chi connectivity index (χ1v) is 11.3. The van der Waals surface area contributed by atoms with E-state index in [9.17, 15) is 0 Å². The number of aryl methyl sites for hydroxylation is 1. The predicted molar refractivity (Wildman–Crippen MR) is 124 cm³/mol. The molecule has 2 fully saturated rings. The van der Waals surface area contributed by atoms with Crippen molar-refractivity contribution in [2.24, 2.45) is 0 Å². The second kappa shape index (κ2) is 9.04. The van der Waals surface area contributed by atoms with E-state index in [1.54, 1.807) is 0 Å². The van der Waals surface area contributed by atoms with Gasteiger partial charge in [0.25, 0.3) is 0 Å². The lowest BCUT2D eigenvalue weighted by Crippen LogP contribution is -2.42. The first-order chi connectivity index (χ1) is 14.5. The first-order valence-electron chi connectivity index (χ1n) is 10.9. The Morgan fingerprint density at radius 2 is 1.97 bits per heavy atom. The average molecular weight is 428 g/mol. The molecule has 30 heavy (non-hydrogen) atoms. The monoisotopic (exact) mass is 427 g/mol. The van der Waals surface area contributed by atoms with Crippen LogP contribution in [0.4, 0.5) is 0 Å². The lowest BCUT2D eigenvalue weighted by molar-refractivity contribution is 0.0350. The predicted octanol–water partition coefficient (Wildman–Crippen LogP) is 3.39. The molecule has 2 aliphatic rings. The highest BCUT2D eigenvalue weighted by Gasteiger charge is 2.41. The third-order valence-corrected chi connectivity index (χ3v) is 6.67. The lowest BCUT2D eigenvalue weighted by Gasteiger charge is -2.32. The van der Waals surface area contributed by atoms with Crippen LogP contribution >= 0.6 is 12.2 Å². The van der Waals surface area contributed by atoms with Crippen LogP contribution in [0, 0.1) is 13.8 Å². The fourth-order valence-electron chi connectivity index (χ4n) is 4.96. The normalized spacial score (nSPS) is 22.7. The number of pyridine rings is 1. The number of rotatable bonds is 6. The van der Waals surface area contributed by atoms with Gasteiger partial charge in [0.2, 0.25) is 0 Å². The van der Waals surface area contributed by atoms with Crippen LogP contribution in [0.2, 0.25) is 0 Å². The van der Waals surface area contributed by atoms with Crippen molar-refractivity contribution in [2.45, 2.75) is 45.8 Å². The van der Waals surface area contributed by atoms with Crippen molar-refractivity contribution in [3.8, 4) is 0 Å². The van der Waals surface area contributed by atoms with E-state index in [0.717, 1.165) is 50.2 Å². The van der Waals surface area contributed by atoms with Gasteiger partial charge in [-0.25, -0.2) is 0 Å². The zero-order valence-corrected chi connectivity index (χ0v) is 19.3. The van der Waals surface area contributed by atoms with Crippen LogP contribution in [0.25, 0.3) is 0 Å². The smallest absolute Gasteiger partial charge is 0.170 e.